The molecule has 3 N–H and O–H groups in total. The molecule has 4 amide bonds. The number of phenolic OH excluding ortho intramolecular Hbond substituents is 1. The van der Waals surface area contributed by atoms with Gasteiger partial charge in [0.1, 0.15) is 17.8 Å². The first-order valence-corrected chi connectivity index (χ1v) is 11.1. The van der Waals surface area contributed by atoms with Crippen molar-refractivity contribution in [2.45, 2.75) is 18.5 Å². The second-order valence-electron chi connectivity index (χ2n) is 7.41. The van der Waals surface area contributed by atoms with E-state index in [1.165, 1.54) is 24.6 Å². The molecule has 3 aromatic rings. The molecule has 11 heteroatoms. The van der Waals surface area contributed by atoms with Crippen LogP contribution in [0.3, 0.4) is 0 Å². The lowest BCUT2D eigenvalue weighted by atomic mass is 10.0. The highest BCUT2D eigenvalue weighted by Crippen LogP contribution is 2.28. The summed E-state index contributed by atoms with van der Waals surface area (Å²) in [7, 11) is 1.22. The number of benzene rings is 2. The van der Waals surface area contributed by atoms with Crippen LogP contribution in [-0.2, 0) is 20.7 Å². The Labute approximate surface area is 198 Å². The van der Waals surface area contributed by atoms with Crippen molar-refractivity contribution in [3.63, 3.8) is 0 Å². The predicted molar refractivity (Wildman–Crippen MR) is 122 cm³/mol. The number of rotatable bonds is 7. The molecule has 0 saturated carbocycles. The monoisotopic (exact) mass is 480 g/mol. The van der Waals surface area contributed by atoms with Crippen molar-refractivity contribution in [2.24, 2.45) is 0 Å². The van der Waals surface area contributed by atoms with Crippen LogP contribution < -0.4 is 10.6 Å². The minimum absolute atomic E-state index is 0.0290. The van der Waals surface area contributed by atoms with Gasteiger partial charge in [0.2, 0.25) is 5.91 Å². The average molecular weight is 481 g/mol. The second kappa shape index (κ2) is 9.71. The zero-order valence-electron chi connectivity index (χ0n) is 17.9. The Bertz CT molecular complexity index is 1250. The third kappa shape index (κ3) is 4.74. The van der Waals surface area contributed by atoms with Crippen molar-refractivity contribution in [3.05, 3.63) is 76.8 Å². The molecule has 1 aromatic heterocycles. The lowest BCUT2D eigenvalue weighted by Gasteiger charge is -2.24. The number of aromatic hydroxyl groups is 1. The molecule has 1 aliphatic rings. The van der Waals surface area contributed by atoms with E-state index in [0.717, 1.165) is 21.8 Å². The molecule has 2 atom stereocenters. The number of amides is 4. The molecule has 1 saturated heterocycles. The van der Waals surface area contributed by atoms with E-state index in [1.807, 2.05) is 6.07 Å². The number of carbonyl (C=O) groups is 4. The number of thiazole rings is 1. The fourth-order valence-corrected chi connectivity index (χ4v) is 4.26. The van der Waals surface area contributed by atoms with Crippen LogP contribution in [0.2, 0.25) is 0 Å². The standard InChI is InChI=1S/C23H20N4O6S/c1-33-21(31)16-12-34-22(24-16)26-19(29)17(10-13-6-3-2-4-7-13)27-20(30)18(25-23(27)32)14-8-5-9-15(28)11-14/h2-9,11-12,17-18,28H,10H2,1H3,(H,25,32)(H,24,26,29)/t17-,18?/m0/s1. The normalized spacial score (nSPS) is 16.1. The van der Waals surface area contributed by atoms with E-state index in [9.17, 15) is 24.3 Å². The lowest BCUT2D eigenvalue weighted by molar-refractivity contribution is -0.134. The van der Waals surface area contributed by atoms with Gasteiger partial charge in [-0.2, -0.15) is 0 Å². The van der Waals surface area contributed by atoms with Crippen molar-refractivity contribution in [2.75, 3.05) is 12.4 Å². The first-order chi connectivity index (χ1) is 16.4. The predicted octanol–water partition coefficient (Wildman–Crippen LogP) is 2.48. The number of methoxy groups -OCH3 is 1. The van der Waals surface area contributed by atoms with Crippen molar-refractivity contribution in [3.8, 4) is 5.75 Å². The van der Waals surface area contributed by atoms with E-state index in [-0.39, 0.29) is 23.0 Å². The quantitative estimate of drug-likeness (QED) is 0.349. The first kappa shape index (κ1) is 22.9. The molecular formula is C23H20N4O6S. The Balaban J connectivity index is 1.62. The minimum Gasteiger partial charge on any atom is -0.508 e. The van der Waals surface area contributed by atoms with Gasteiger partial charge >= 0.3 is 12.0 Å². The Hall–Kier alpha value is -4.25. The maximum Gasteiger partial charge on any atom is 0.357 e. The molecule has 2 aromatic carbocycles. The maximum absolute atomic E-state index is 13.3. The largest absolute Gasteiger partial charge is 0.508 e. The first-order valence-electron chi connectivity index (χ1n) is 10.2. The van der Waals surface area contributed by atoms with Gasteiger partial charge in [-0.15, -0.1) is 11.3 Å². The van der Waals surface area contributed by atoms with Crippen LogP contribution in [0, 0.1) is 0 Å². The SMILES string of the molecule is COC(=O)c1csc(NC(=O)[C@H](Cc2ccccc2)N2C(=O)NC(c3cccc(O)c3)C2=O)n1. The van der Waals surface area contributed by atoms with E-state index in [0.29, 0.717) is 5.56 Å². The number of hydrogen-bond acceptors (Lipinski definition) is 8. The molecule has 4 rings (SSSR count). The van der Waals surface area contributed by atoms with Gasteiger partial charge in [0.15, 0.2) is 10.8 Å². The zero-order chi connectivity index (χ0) is 24.2. The van der Waals surface area contributed by atoms with Crippen LogP contribution in [0.25, 0.3) is 0 Å². The van der Waals surface area contributed by atoms with Crippen LogP contribution in [0.15, 0.2) is 60.0 Å². The molecule has 174 valence electrons. The minimum atomic E-state index is -1.19. The summed E-state index contributed by atoms with van der Waals surface area (Å²) < 4.78 is 4.62. The number of anilines is 1. The fourth-order valence-electron chi connectivity index (χ4n) is 3.58. The van der Waals surface area contributed by atoms with Gasteiger partial charge in [-0.3, -0.25) is 9.59 Å². The number of aromatic nitrogens is 1. The summed E-state index contributed by atoms with van der Waals surface area (Å²) in [5, 5.41) is 16.5. The molecule has 0 aliphatic carbocycles. The summed E-state index contributed by atoms with van der Waals surface area (Å²) in [5.41, 5.74) is 1.15. The molecule has 10 nitrogen and oxygen atoms in total. The van der Waals surface area contributed by atoms with Crippen molar-refractivity contribution in [1.82, 2.24) is 15.2 Å². The van der Waals surface area contributed by atoms with Crippen LogP contribution in [0.4, 0.5) is 9.93 Å². The third-order valence-electron chi connectivity index (χ3n) is 5.19. The van der Waals surface area contributed by atoms with E-state index >= 15 is 0 Å². The third-order valence-corrected chi connectivity index (χ3v) is 5.95. The summed E-state index contributed by atoms with van der Waals surface area (Å²) >= 11 is 1.01. The molecule has 2 heterocycles. The number of esters is 1. The van der Waals surface area contributed by atoms with Crippen molar-refractivity contribution >= 4 is 40.3 Å². The Morgan fingerprint density at radius 2 is 1.97 bits per heavy atom. The number of imide groups is 1. The van der Waals surface area contributed by atoms with E-state index in [4.69, 9.17) is 0 Å². The van der Waals surface area contributed by atoms with Gasteiger partial charge in [0.05, 0.1) is 7.11 Å². The highest BCUT2D eigenvalue weighted by Gasteiger charge is 2.45. The van der Waals surface area contributed by atoms with Crippen LogP contribution >= 0.6 is 11.3 Å². The van der Waals surface area contributed by atoms with Gasteiger partial charge in [0.25, 0.3) is 5.91 Å². The summed E-state index contributed by atoms with van der Waals surface area (Å²) in [6.07, 6.45) is 0.0633. The molecule has 1 fully saturated rings. The van der Waals surface area contributed by atoms with E-state index < -0.39 is 35.9 Å². The molecule has 1 aliphatic heterocycles. The Kier molecular flexibility index (Phi) is 6.55. The summed E-state index contributed by atoms with van der Waals surface area (Å²) in [6.45, 7) is 0. The van der Waals surface area contributed by atoms with Gasteiger partial charge < -0.3 is 20.5 Å². The topological polar surface area (TPSA) is 138 Å². The van der Waals surface area contributed by atoms with Crippen LogP contribution in [0.5, 0.6) is 5.75 Å². The molecular weight excluding hydrogens is 460 g/mol. The highest BCUT2D eigenvalue weighted by molar-refractivity contribution is 7.14. The lowest BCUT2D eigenvalue weighted by Crippen LogP contribution is -2.49. The number of ether oxygens (including phenoxy) is 1. The fraction of sp³-hybridized carbons (Fsp3) is 0.174. The maximum atomic E-state index is 13.3. The number of hydrogen-bond donors (Lipinski definition) is 3. The highest BCUT2D eigenvalue weighted by atomic mass is 32.1. The van der Waals surface area contributed by atoms with Crippen molar-refractivity contribution in [1.29, 1.82) is 0 Å². The average Bonchev–Trinajstić information content (AvgIpc) is 3.41. The second-order valence-corrected chi connectivity index (χ2v) is 8.27. The van der Waals surface area contributed by atoms with Gasteiger partial charge in [-0.25, -0.2) is 19.5 Å². The smallest absolute Gasteiger partial charge is 0.357 e. The van der Waals surface area contributed by atoms with E-state index in [1.54, 1.807) is 36.4 Å². The number of nitrogens with zero attached hydrogens (tertiary/aromatic N) is 2. The molecule has 0 bridgehead atoms. The number of nitrogens with one attached hydrogen (secondary N) is 2. The number of carbonyl (C=O) groups excluding carboxylic acids is 4. The summed E-state index contributed by atoms with van der Waals surface area (Å²) in [5.74, 6) is -1.97. The number of phenols is 1. The van der Waals surface area contributed by atoms with Crippen LogP contribution in [-0.4, -0.2) is 52.0 Å². The Morgan fingerprint density at radius 3 is 2.68 bits per heavy atom. The Morgan fingerprint density at radius 1 is 1.21 bits per heavy atom. The van der Waals surface area contributed by atoms with Gasteiger partial charge in [-0.1, -0.05) is 42.5 Å². The number of urea groups is 1. The molecule has 0 radical (unpaired) electrons. The molecule has 1 unspecified atom stereocenters. The van der Waals surface area contributed by atoms with Gasteiger partial charge in [0, 0.05) is 11.8 Å². The zero-order valence-corrected chi connectivity index (χ0v) is 18.7. The summed E-state index contributed by atoms with van der Waals surface area (Å²) in [6, 6.07) is 12.0. The van der Waals surface area contributed by atoms with Crippen LogP contribution in [0.1, 0.15) is 27.7 Å². The molecule has 0 spiro atoms. The summed E-state index contributed by atoms with van der Waals surface area (Å²) in [4.78, 5) is 55.9. The van der Waals surface area contributed by atoms with E-state index in [2.05, 4.69) is 20.4 Å². The van der Waals surface area contributed by atoms with Crippen molar-refractivity contribution < 1.29 is 29.0 Å². The molecule has 34 heavy (non-hydrogen) atoms. The van der Waals surface area contributed by atoms with Gasteiger partial charge in [-0.05, 0) is 23.3 Å².